The molecule has 0 radical (unpaired) electrons. The number of carbonyl (C=O) groups is 2. The zero-order chi connectivity index (χ0) is 30.2. The Morgan fingerprint density at radius 3 is 1.81 bits per heavy atom. The van der Waals surface area contributed by atoms with Crippen LogP contribution in [0.1, 0.15) is 39.0 Å². The van der Waals surface area contributed by atoms with Crippen LogP contribution in [0.4, 0.5) is 0 Å². The second-order valence-corrected chi connectivity index (χ2v) is 10.5. The lowest BCUT2D eigenvalue weighted by atomic mass is 9.80. The van der Waals surface area contributed by atoms with Gasteiger partial charge >= 0.3 is 11.9 Å². The van der Waals surface area contributed by atoms with E-state index in [-0.39, 0.29) is 13.0 Å². The molecule has 6 heteroatoms. The minimum absolute atomic E-state index is 0.191. The molecule has 0 saturated heterocycles. The Bertz CT molecular complexity index is 1570. The number of hydrogen-bond donors (Lipinski definition) is 2. The van der Waals surface area contributed by atoms with E-state index in [4.69, 9.17) is 9.47 Å². The third-order valence-electron chi connectivity index (χ3n) is 7.90. The van der Waals surface area contributed by atoms with Crippen molar-refractivity contribution < 1.29 is 29.3 Å². The summed E-state index contributed by atoms with van der Waals surface area (Å²) < 4.78 is 11.6. The predicted molar refractivity (Wildman–Crippen MR) is 166 cm³/mol. The molecule has 0 unspecified atom stereocenters. The van der Waals surface area contributed by atoms with Crippen LogP contribution in [-0.4, -0.2) is 42.0 Å². The summed E-state index contributed by atoms with van der Waals surface area (Å²) in [4.78, 5) is 24.7. The summed E-state index contributed by atoms with van der Waals surface area (Å²) in [7, 11) is 1.34. The number of esters is 1. The van der Waals surface area contributed by atoms with Crippen molar-refractivity contribution in [1.82, 2.24) is 0 Å². The van der Waals surface area contributed by atoms with E-state index in [1.54, 1.807) is 12.1 Å². The fourth-order valence-corrected chi connectivity index (χ4v) is 5.64. The molecule has 5 aromatic carbocycles. The van der Waals surface area contributed by atoms with Crippen molar-refractivity contribution in [2.75, 3.05) is 13.7 Å². The summed E-state index contributed by atoms with van der Waals surface area (Å²) in [5, 5.41) is 23.3. The van der Waals surface area contributed by atoms with Gasteiger partial charge in [-0.15, -0.1) is 0 Å². The second-order valence-electron chi connectivity index (χ2n) is 10.5. The Hall–Kier alpha value is -4.78. The first-order chi connectivity index (χ1) is 20.9. The van der Waals surface area contributed by atoms with Gasteiger partial charge in [-0.2, -0.15) is 0 Å². The molecule has 0 fully saturated rings. The molecule has 0 aliphatic carbocycles. The maximum atomic E-state index is 12.6. The first kappa shape index (κ1) is 29.7. The van der Waals surface area contributed by atoms with E-state index < -0.39 is 29.6 Å². The fourth-order valence-electron chi connectivity index (χ4n) is 5.64. The monoisotopic (exact) mass is 574 g/mol. The van der Waals surface area contributed by atoms with Gasteiger partial charge in [0.2, 0.25) is 0 Å². The van der Waals surface area contributed by atoms with Crippen molar-refractivity contribution in [3.8, 4) is 0 Å². The number of carboxylic acid groups (broad SMARTS) is 1. The predicted octanol–water partition coefficient (Wildman–Crippen LogP) is 6.63. The number of aryl methyl sites for hydroxylation is 1. The molecule has 0 spiro atoms. The van der Waals surface area contributed by atoms with E-state index in [1.807, 2.05) is 115 Å². The van der Waals surface area contributed by atoms with Crippen LogP contribution in [0.3, 0.4) is 0 Å². The van der Waals surface area contributed by atoms with Gasteiger partial charge in [-0.3, -0.25) is 4.79 Å². The summed E-state index contributed by atoms with van der Waals surface area (Å²) in [5.41, 5.74) is 2.78. The first-order valence-corrected chi connectivity index (χ1v) is 14.3. The van der Waals surface area contributed by atoms with Gasteiger partial charge < -0.3 is 19.7 Å². The minimum Gasteiger partial charge on any atom is -0.481 e. The SMILES string of the molecule is COC(=O)c1ccc2cccc(CC[C@@H](O)[C@H](COC(c3ccccc3)(c3ccccc3)c3ccccc3)C(=O)O)c2c1. The van der Waals surface area contributed by atoms with Gasteiger partial charge in [-0.25, -0.2) is 4.79 Å². The molecule has 0 amide bonds. The number of aliphatic carboxylic acids is 1. The summed E-state index contributed by atoms with van der Waals surface area (Å²) in [6.45, 7) is -0.225. The Kier molecular flexibility index (Phi) is 9.30. The molecule has 6 nitrogen and oxygen atoms in total. The number of hydrogen-bond acceptors (Lipinski definition) is 5. The maximum Gasteiger partial charge on any atom is 0.337 e. The molecule has 2 N–H and O–H groups in total. The maximum absolute atomic E-state index is 12.6. The van der Waals surface area contributed by atoms with Crippen LogP contribution in [0, 0.1) is 5.92 Å². The van der Waals surface area contributed by atoms with Gasteiger partial charge in [-0.05, 0) is 58.0 Å². The normalized spacial score (nSPS) is 12.9. The van der Waals surface area contributed by atoms with Crippen LogP contribution in [0.5, 0.6) is 0 Å². The van der Waals surface area contributed by atoms with Gasteiger partial charge in [0.1, 0.15) is 11.5 Å². The number of ether oxygens (including phenoxy) is 2. The highest BCUT2D eigenvalue weighted by molar-refractivity contribution is 5.96. The minimum atomic E-state index is -1.18. The van der Waals surface area contributed by atoms with Crippen molar-refractivity contribution in [3.05, 3.63) is 155 Å². The zero-order valence-corrected chi connectivity index (χ0v) is 23.9. The third kappa shape index (κ3) is 6.36. The van der Waals surface area contributed by atoms with Crippen molar-refractivity contribution in [3.63, 3.8) is 0 Å². The highest BCUT2D eigenvalue weighted by atomic mass is 16.5. The molecular formula is C37H34O6. The molecule has 0 saturated carbocycles. The van der Waals surface area contributed by atoms with E-state index in [1.165, 1.54) is 7.11 Å². The van der Waals surface area contributed by atoms with Crippen molar-refractivity contribution in [1.29, 1.82) is 0 Å². The largest absolute Gasteiger partial charge is 0.481 e. The quantitative estimate of drug-likeness (QED) is 0.128. The molecule has 218 valence electrons. The van der Waals surface area contributed by atoms with Crippen LogP contribution in [0.15, 0.2) is 127 Å². The summed E-state index contributed by atoms with van der Waals surface area (Å²) in [5.74, 6) is -2.75. The molecular weight excluding hydrogens is 540 g/mol. The number of carbonyl (C=O) groups excluding carboxylic acids is 1. The number of aliphatic hydroxyl groups excluding tert-OH is 1. The highest BCUT2D eigenvalue weighted by Gasteiger charge is 2.40. The average Bonchev–Trinajstić information content (AvgIpc) is 3.06. The van der Waals surface area contributed by atoms with E-state index in [9.17, 15) is 19.8 Å². The lowest BCUT2D eigenvalue weighted by Gasteiger charge is -2.37. The molecule has 0 aliphatic rings. The van der Waals surface area contributed by atoms with Crippen LogP contribution in [0.2, 0.25) is 0 Å². The topological polar surface area (TPSA) is 93.1 Å². The molecule has 5 aromatic rings. The highest BCUT2D eigenvalue weighted by Crippen LogP contribution is 2.41. The Balaban J connectivity index is 1.44. The van der Waals surface area contributed by atoms with Crippen LogP contribution in [-0.2, 0) is 26.3 Å². The van der Waals surface area contributed by atoms with Crippen LogP contribution >= 0.6 is 0 Å². The average molecular weight is 575 g/mol. The number of aliphatic hydroxyl groups is 1. The third-order valence-corrected chi connectivity index (χ3v) is 7.90. The molecule has 2 atom stereocenters. The number of benzene rings is 5. The summed E-state index contributed by atoms with van der Waals surface area (Å²) in [6, 6.07) is 40.3. The standard InChI is InChI=1S/C37H34O6/c1-42-36(41)28-21-20-26-12-11-13-27(32(26)24-28)22-23-34(38)33(35(39)40)25-43-37(29-14-5-2-6-15-29,30-16-7-3-8-17-30)31-18-9-4-10-19-31/h2-21,24,33-34,38H,22-23,25H2,1H3,(H,39,40)/t33-,34+/m0/s1. The molecule has 0 heterocycles. The van der Waals surface area contributed by atoms with Crippen LogP contribution in [0.25, 0.3) is 10.8 Å². The van der Waals surface area contributed by atoms with Crippen molar-refractivity contribution in [2.45, 2.75) is 24.5 Å². The smallest absolute Gasteiger partial charge is 0.337 e. The first-order valence-electron chi connectivity index (χ1n) is 14.3. The molecule has 0 aromatic heterocycles. The fraction of sp³-hybridized carbons (Fsp3) is 0.189. The molecule has 5 rings (SSSR count). The van der Waals surface area contributed by atoms with E-state index in [0.29, 0.717) is 12.0 Å². The number of methoxy groups -OCH3 is 1. The lowest BCUT2D eigenvalue weighted by molar-refractivity contribution is -0.151. The number of carboxylic acids is 1. The van der Waals surface area contributed by atoms with E-state index in [2.05, 4.69) is 0 Å². The Labute approximate surface area is 251 Å². The van der Waals surface area contributed by atoms with Crippen molar-refractivity contribution >= 4 is 22.7 Å². The van der Waals surface area contributed by atoms with Gasteiger partial charge in [0.05, 0.1) is 25.4 Å². The zero-order valence-electron chi connectivity index (χ0n) is 23.9. The van der Waals surface area contributed by atoms with Gasteiger partial charge in [0.15, 0.2) is 0 Å². The lowest BCUT2D eigenvalue weighted by Crippen LogP contribution is -2.39. The number of rotatable bonds is 12. The van der Waals surface area contributed by atoms with E-state index >= 15 is 0 Å². The molecule has 0 bridgehead atoms. The van der Waals surface area contributed by atoms with Crippen molar-refractivity contribution in [2.24, 2.45) is 5.92 Å². The summed E-state index contributed by atoms with van der Waals surface area (Å²) >= 11 is 0. The second kappa shape index (κ2) is 13.5. The Morgan fingerprint density at radius 1 is 0.744 bits per heavy atom. The van der Waals surface area contributed by atoms with Gasteiger partial charge in [0.25, 0.3) is 0 Å². The Morgan fingerprint density at radius 2 is 1.30 bits per heavy atom. The summed E-state index contributed by atoms with van der Waals surface area (Å²) in [6.07, 6.45) is -0.582. The molecule has 43 heavy (non-hydrogen) atoms. The number of fused-ring (bicyclic) bond motifs is 1. The van der Waals surface area contributed by atoms with Gasteiger partial charge in [0, 0.05) is 0 Å². The van der Waals surface area contributed by atoms with E-state index in [0.717, 1.165) is 33.0 Å². The molecule has 0 aliphatic heterocycles. The van der Waals surface area contributed by atoms with Gasteiger partial charge in [-0.1, -0.05) is 115 Å². The van der Waals surface area contributed by atoms with Crippen LogP contribution < -0.4 is 0 Å².